The highest BCUT2D eigenvalue weighted by atomic mass is 16.3. The zero-order chi connectivity index (χ0) is 18.0. The minimum absolute atomic E-state index is 0.0146. The molecule has 1 fully saturated rings. The highest BCUT2D eigenvalue weighted by Gasteiger charge is 2.33. The van der Waals surface area contributed by atoms with Crippen LogP contribution in [0.3, 0.4) is 0 Å². The second-order valence-electron chi connectivity index (χ2n) is 7.77. The Morgan fingerprint density at radius 1 is 1.44 bits per heavy atom. The number of aromatic nitrogens is 3. The first-order chi connectivity index (χ1) is 11.9. The third kappa shape index (κ3) is 3.86. The Hall–Kier alpha value is -2.31. The first-order valence-electron chi connectivity index (χ1n) is 8.83. The zero-order valence-corrected chi connectivity index (χ0v) is 15.4. The van der Waals surface area contributed by atoms with Gasteiger partial charge in [0.15, 0.2) is 0 Å². The lowest BCUT2D eigenvalue weighted by atomic mass is 9.91. The van der Waals surface area contributed by atoms with E-state index >= 15 is 0 Å². The van der Waals surface area contributed by atoms with Crippen molar-refractivity contribution in [1.82, 2.24) is 25.0 Å². The average Bonchev–Trinajstić information content (AvgIpc) is 3.23. The van der Waals surface area contributed by atoms with Crippen LogP contribution in [0.1, 0.15) is 58.2 Å². The van der Waals surface area contributed by atoms with Gasteiger partial charge in [-0.3, -0.25) is 0 Å². The number of rotatable bonds is 3. The maximum atomic E-state index is 12.8. The fourth-order valence-corrected chi connectivity index (χ4v) is 3.34. The summed E-state index contributed by atoms with van der Waals surface area (Å²) in [6, 6.07) is 3.71. The molecule has 2 amide bonds. The van der Waals surface area contributed by atoms with Crippen LogP contribution >= 0.6 is 0 Å². The molecule has 0 radical (unpaired) electrons. The van der Waals surface area contributed by atoms with Crippen LogP contribution in [0.5, 0.6) is 0 Å². The van der Waals surface area contributed by atoms with Crippen molar-refractivity contribution in [3.8, 4) is 0 Å². The van der Waals surface area contributed by atoms with Gasteiger partial charge < -0.3 is 14.6 Å². The van der Waals surface area contributed by atoms with E-state index < -0.39 is 0 Å². The molecule has 2 aromatic heterocycles. The third-order valence-electron chi connectivity index (χ3n) is 4.65. The molecular formula is C18H27N5O2. The molecular weight excluding hydrogens is 318 g/mol. The van der Waals surface area contributed by atoms with Gasteiger partial charge in [-0.1, -0.05) is 6.92 Å². The largest absolute Gasteiger partial charge is 0.467 e. The van der Waals surface area contributed by atoms with E-state index in [1.807, 2.05) is 21.7 Å². The van der Waals surface area contributed by atoms with Gasteiger partial charge in [-0.05, 0) is 51.7 Å². The first kappa shape index (κ1) is 17.5. The minimum Gasteiger partial charge on any atom is -0.467 e. The molecule has 2 atom stereocenters. The Balaban J connectivity index is 1.69. The van der Waals surface area contributed by atoms with Crippen LogP contribution in [0.15, 0.2) is 29.1 Å². The molecule has 7 heteroatoms. The summed E-state index contributed by atoms with van der Waals surface area (Å²) in [5.41, 5.74) is -0.173. The predicted octanol–water partition coefficient (Wildman–Crippen LogP) is 3.31. The number of furan rings is 1. The molecule has 0 aliphatic carbocycles. The van der Waals surface area contributed by atoms with Gasteiger partial charge in [-0.15, -0.1) is 0 Å². The van der Waals surface area contributed by atoms with E-state index in [0.29, 0.717) is 12.5 Å². The number of carbonyl (C=O) groups excluding carboxylic acids is 1. The highest BCUT2D eigenvalue weighted by molar-refractivity contribution is 5.74. The molecule has 1 aliphatic heterocycles. The van der Waals surface area contributed by atoms with E-state index in [0.717, 1.165) is 31.0 Å². The molecule has 0 spiro atoms. The van der Waals surface area contributed by atoms with E-state index in [-0.39, 0.29) is 17.6 Å². The van der Waals surface area contributed by atoms with Crippen molar-refractivity contribution in [1.29, 1.82) is 0 Å². The smallest absolute Gasteiger partial charge is 0.318 e. The van der Waals surface area contributed by atoms with Crippen molar-refractivity contribution in [3.05, 3.63) is 36.3 Å². The van der Waals surface area contributed by atoms with E-state index in [1.54, 1.807) is 6.26 Å². The van der Waals surface area contributed by atoms with Crippen LogP contribution < -0.4 is 5.32 Å². The van der Waals surface area contributed by atoms with Gasteiger partial charge in [0.1, 0.15) is 17.9 Å². The molecule has 7 nitrogen and oxygen atoms in total. The standard InChI is InChI=1S/C18H27N5O2/c1-13-7-8-22(14(10-13)15-6-5-9-25-15)17(24)19-11-16-20-12-21-23(16)18(2,3)4/h5-6,9,12-14H,7-8,10-11H2,1-4H3,(H,19,24)/t13-,14+/m1/s1. The fraction of sp³-hybridized carbons (Fsp3) is 0.611. The third-order valence-corrected chi connectivity index (χ3v) is 4.65. The van der Waals surface area contributed by atoms with Crippen LogP contribution in [0, 0.1) is 5.92 Å². The van der Waals surface area contributed by atoms with E-state index in [4.69, 9.17) is 4.42 Å². The summed E-state index contributed by atoms with van der Waals surface area (Å²) < 4.78 is 7.41. The van der Waals surface area contributed by atoms with Gasteiger partial charge in [0.05, 0.1) is 24.4 Å². The lowest BCUT2D eigenvalue weighted by molar-refractivity contribution is 0.119. The summed E-state index contributed by atoms with van der Waals surface area (Å²) in [4.78, 5) is 18.9. The number of amides is 2. The average molecular weight is 345 g/mol. The Kier molecular flexibility index (Phi) is 4.83. The molecule has 1 aliphatic rings. The second-order valence-corrected chi connectivity index (χ2v) is 7.77. The van der Waals surface area contributed by atoms with Crippen molar-refractivity contribution < 1.29 is 9.21 Å². The van der Waals surface area contributed by atoms with Crippen molar-refractivity contribution in [2.24, 2.45) is 5.92 Å². The number of nitrogens with one attached hydrogen (secondary N) is 1. The maximum Gasteiger partial charge on any atom is 0.318 e. The summed E-state index contributed by atoms with van der Waals surface area (Å²) in [6.45, 7) is 9.48. The normalized spacial score (nSPS) is 21.4. The molecule has 3 heterocycles. The number of hydrogen-bond donors (Lipinski definition) is 1. The first-order valence-corrected chi connectivity index (χ1v) is 8.83. The summed E-state index contributed by atoms with van der Waals surface area (Å²) >= 11 is 0. The van der Waals surface area contributed by atoms with Crippen molar-refractivity contribution >= 4 is 6.03 Å². The van der Waals surface area contributed by atoms with Gasteiger partial charge >= 0.3 is 6.03 Å². The number of likely N-dealkylation sites (tertiary alicyclic amines) is 1. The maximum absolute atomic E-state index is 12.8. The van der Waals surface area contributed by atoms with Crippen LogP contribution in [-0.4, -0.2) is 32.2 Å². The summed E-state index contributed by atoms with van der Waals surface area (Å²) in [5.74, 6) is 2.17. The molecule has 136 valence electrons. The topological polar surface area (TPSA) is 76.2 Å². The monoisotopic (exact) mass is 345 g/mol. The number of piperidine rings is 1. The number of hydrogen-bond acceptors (Lipinski definition) is 4. The molecule has 0 unspecified atom stereocenters. The molecule has 0 bridgehead atoms. The molecule has 1 N–H and O–H groups in total. The van der Waals surface area contributed by atoms with Crippen molar-refractivity contribution in [2.45, 2.75) is 58.7 Å². The lowest BCUT2D eigenvalue weighted by Crippen LogP contribution is -2.46. The van der Waals surface area contributed by atoms with Crippen LogP contribution in [0.2, 0.25) is 0 Å². The zero-order valence-electron chi connectivity index (χ0n) is 15.4. The molecule has 0 aromatic carbocycles. The number of nitrogens with zero attached hydrogens (tertiary/aromatic N) is 4. The van der Waals surface area contributed by atoms with Crippen molar-refractivity contribution in [3.63, 3.8) is 0 Å². The summed E-state index contributed by atoms with van der Waals surface area (Å²) in [7, 11) is 0. The van der Waals surface area contributed by atoms with Gasteiger partial charge in [0, 0.05) is 6.54 Å². The molecule has 3 rings (SSSR count). The van der Waals surface area contributed by atoms with Gasteiger partial charge in [-0.2, -0.15) is 5.10 Å². The van der Waals surface area contributed by atoms with Crippen LogP contribution in [-0.2, 0) is 12.1 Å². The lowest BCUT2D eigenvalue weighted by Gasteiger charge is -2.37. The molecule has 2 aromatic rings. The Labute approximate surface area is 148 Å². The van der Waals surface area contributed by atoms with E-state index in [9.17, 15) is 4.79 Å². The quantitative estimate of drug-likeness (QED) is 0.926. The minimum atomic E-state index is -0.173. The summed E-state index contributed by atoms with van der Waals surface area (Å²) in [6.07, 6.45) is 5.11. The van der Waals surface area contributed by atoms with Gasteiger partial charge in [-0.25, -0.2) is 14.5 Å². The molecule has 0 saturated carbocycles. The Morgan fingerprint density at radius 3 is 2.92 bits per heavy atom. The van der Waals surface area contributed by atoms with Crippen LogP contribution in [0.4, 0.5) is 4.79 Å². The molecule has 25 heavy (non-hydrogen) atoms. The van der Waals surface area contributed by atoms with E-state index in [2.05, 4.69) is 43.1 Å². The van der Waals surface area contributed by atoms with Gasteiger partial charge in [0.25, 0.3) is 0 Å². The second kappa shape index (κ2) is 6.90. The Bertz CT molecular complexity index is 701. The Morgan fingerprint density at radius 2 is 2.24 bits per heavy atom. The molecule has 1 saturated heterocycles. The SMILES string of the molecule is C[C@@H]1CCN(C(=O)NCc2ncnn2C(C)(C)C)[C@H](c2ccco2)C1. The van der Waals surface area contributed by atoms with Crippen molar-refractivity contribution in [2.75, 3.05) is 6.54 Å². The van der Waals surface area contributed by atoms with E-state index in [1.165, 1.54) is 6.33 Å². The number of urea groups is 1. The highest BCUT2D eigenvalue weighted by Crippen LogP contribution is 2.34. The fourth-order valence-electron chi connectivity index (χ4n) is 3.34. The number of carbonyl (C=O) groups is 1. The summed E-state index contributed by atoms with van der Waals surface area (Å²) in [5, 5.41) is 7.27. The van der Waals surface area contributed by atoms with Crippen LogP contribution in [0.25, 0.3) is 0 Å². The predicted molar refractivity (Wildman–Crippen MR) is 93.8 cm³/mol. The van der Waals surface area contributed by atoms with Gasteiger partial charge in [0.2, 0.25) is 0 Å².